The Bertz CT molecular complexity index is 1590. The number of aromatic nitrogens is 4. The van der Waals surface area contributed by atoms with Gasteiger partial charge in [-0.15, -0.1) is 5.10 Å². The molecule has 0 aliphatic rings. The lowest BCUT2D eigenvalue weighted by Gasteiger charge is -2.19. The summed E-state index contributed by atoms with van der Waals surface area (Å²) < 4.78 is 27.7. The number of amides is 1. The van der Waals surface area contributed by atoms with Crippen molar-refractivity contribution in [2.24, 2.45) is 0 Å². The molecule has 1 aromatic heterocycles. The Balaban J connectivity index is 1.55. The van der Waals surface area contributed by atoms with E-state index in [0.717, 1.165) is 10.2 Å². The summed E-state index contributed by atoms with van der Waals surface area (Å²) in [6.07, 6.45) is 1.38. The second kappa shape index (κ2) is 12.0. The van der Waals surface area contributed by atoms with Crippen molar-refractivity contribution in [2.45, 2.75) is 23.8 Å². The van der Waals surface area contributed by atoms with Crippen LogP contribution in [0.1, 0.15) is 16.7 Å². The first kappa shape index (κ1) is 27.7. The molecule has 0 saturated carbocycles. The third kappa shape index (κ3) is 7.15. The average Bonchev–Trinajstić information content (AvgIpc) is 3.44. The zero-order chi connectivity index (χ0) is 28.0. The lowest BCUT2D eigenvalue weighted by atomic mass is 9.97. The zero-order valence-electron chi connectivity index (χ0n) is 20.6. The summed E-state index contributed by atoms with van der Waals surface area (Å²) in [4.78, 5) is 26.1. The van der Waals surface area contributed by atoms with Crippen LogP contribution in [0.25, 0.3) is 11.4 Å². The average molecular weight is 566 g/mol. The monoisotopic (exact) mass is 565 g/mol. The van der Waals surface area contributed by atoms with Crippen LogP contribution in [0.5, 0.6) is 0 Å². The summed E-state index contributed by atoms with van der Waals surface area (Å²) >= 11 is 6.05. The maximum absolute atomic E-state index is 13.3. The molecular weight excluding hydrogens is 542 g/mol. The van der Waals surface area contributed by atoms with Gasteiger partial charge in [-0.1, -0.05) is 72.8 Å². The Morgan fingerprint density at radius 1 is 1.03 bits per heavy atom. The van der Waals surface area contributed by atoms with Crippen LogP contribution in [0.4, 0.5) is 0 Å². The molecule has 0 unspecified atom stereocenters. The molecule has 4 rings (SSSR count). The van der Waals surface area contributed by atoms with E-state index < -0.39 is 27.5 Å². The molecule has 0 fully saturated rings. The van der Waals surface area contributed by atoms with Crippen molar-refractivity contribution in [3.63, 3.8) is 0 Å². The Morgan fingerprint density at radius 3 is 2.38 bits per heavy atom. The molecule has 1 atom stereocenters. The SMILES string of the molecule is C=C(O)c1ccc(CC(=O)[C@H](Cc2ccccc2)NC(=O)CS(=O)(=O)c2cc(Cl)ccc2-n2cnnn2)cc1. The third-order valence-corrected chi connectivity index (χ3v) is 7.72. The number of Topliss-reactive ketones (excluding diaryl/α,β-unsaturated/α-hetero) is 1. The standard InChI is InChI=1S/C27H24ClN5O5S/c1-18(34)21-9-7-20(8-10-21)14-25(35)23(13-19-5-3-2-4-6-19)30-27(36)16-39(37,38)26-15-22(28)11-12-24(26)33-17-29-31-32-33/h2-12,15,17,23,34H,1,13-14,16H2,(H,30,36)/t23-/m0/s1. The number of hydrogen-bond acceptors (Lipinski definition) is 8. The molecule has 1 heterocycles. The maximum Gasteiger partial charge on any atom is 0.236 e. The minimum Gasteiger partial charge on any atom is -0.508 e. The van der Waals surface area contributed by atoms with Gasteiger partial charge in [0.25, 0.3) is 0 Å². The van der Waals surface area contributed by atoms with Crippen LogP contribution in [-0.2, 0) is 32.3 Å². The number of rotatable bonds is 11. The zero-order valence-corrected chi connectivity index (χ0v) is 22.1. The normalized spacial score (nSPS) is 12.0. The molecule has 3 aromatic carbocycles. The predicted molar refractivity (Wildman–Crippen MR) is 145 cm³/mol. The van der Waals surface area contributed by atoms with Crippen LogP contribution in [0.15, 0.2) is 90.6 Å². The number of ketones is 1. The first-order chi connectivity index (χ1) is 18.6. The minimum atomic E-state index is -4.21. The van der Waals surface area contributed by atoms with Gasteiger partial charge in [0.05, 0.1) is 16.6 Å². The van der Waals surface area contributed by atoms with E-state index in [-0.39, 0.29) is 40.0 Å². The summed E-state index contributed by atoms with van der Waals surface area (Å²) in [7, 11) is -4.21. The van der Waals surface area contributed by atoms with Crippen molar-refractivity contribution in [2.75, 3.05) is 5.75 Å². The lowest BCUT2D eigenvalue weighted by Crippen LogP contribution is -2.45. The van der Waals surface area contributed by atoms with Crippen molar-refractivity contribution in [1.29, 1.82) is 0 Å². The largest absolute Gasteiger partial charge is 0.508 e. The van der Waals surface area contributed by atoms with Gasteiger partial charge >= 0.3 is 0 Å². The van der Waals surface area contributed by atoms with Gasteiger partial charge < -0.3 is 10.4 Å². The molecule has 4 aromatic rings. The van der Waals surface area contributed by atoms with Gasteiger partial charge in [-0.2, -0.15) is 4.68 Å². The van der Waals surface area contributed by atoms with E-state index in [4.69, 9.17) is 11.6 Å². The van der Waals surface area contributed by atoms with Gasteiger partial charge in [0.1, 0.15) is 17.8 Å². The number of nitrogens with zero attached hydrogens (tertiary/aromatic N) is 4. The van der Waals surface area contributed by atoms with Crippen LogP contribution in [0.2, 0.25) is 5.02 Å². The lowest BCUT2D eigenvalue weighted by molar-refractivity contribution is -0.126. The summed E-state index contributed by atoms with van der Waals surface area (Å²) in [5.74, 6) is -2.17. The molecule has 1 amide bonds. The van der Waals surface area contributed by atoms with Crippen LogP contribution >= 0.6 is 11.6 Å². The van der Waals surface area contributed by atoms with E-state index in [2.05, 4.69) is 27.4 Å². The van der Waals surface area contributed by atoms with Crippen molar-refractivity contribution in [3.05, 3.63) is 107 Å². The molecular formula is C27H24ClN5O5S. The molecule has 0 aliphatic carbocycles. The molecule has 0 spiro atoms. The smallest absolute Gasteiger partial charge is 0.236 e. The van der Waals surface area contributed by atoms with Gasteiger partial charge in [0, 0.05) is 17.0 Å². The maximum atomic E-state index is 13.3. The molecule has 0 saturated heterocycles. The summed E-state index contributed by atoms with van der Waals surface area (Å²) in [5.41, 5.74) is 2.10. The van der Waals surface area contributed by atoms with Gasteiger partial charge in [0.2, 0.25) is 5.91 Å². The topological polar surface area (TPSA) is 144 Å². The number of aliphatic hydroxyl groups is 1. The molecule has 0 bridgehead atoms. The first-order valence-corrected chi connectivity index (χ1v) is 13.7. The number of aliphatic hydroxyl groups excluding tert-OH is 1. The van der Waals surface area contributed by atoms with Crippen LogP contribution in [-0.4, -0.2) is 57.2 Å². The van der Waals surface area contributed by atoms with Crippen molar-refractivity contribution in [1.82, 2.24) is 25.5 Å². The second-order valence-electron chi connectivity index (χ2n) is 8.72. The third-order valence-electron chi connectivity index (χ3n) is 5.85. The van der Waals surface area contributed by atoms with E-state index in [1.807, 2.05) is 30.3 Å². The Morgan fingerprint density at radius 2 is 1.74 bits per heavy atom. The van der Waals surface area contributed by atoms with Gasteiger partial charge in [-0.3, -0.25) is 9.59 Å². The number of hydrogen-bond donors (Lipinski definition) is 2. The Labute approximate surface area is 229 Å². The van der Waals surface area contributed by atoms with E-state index in [1.165, 1.54) is 24.5 Å². The fraction of sp³-hybridized carbons (Fsp3) is 0.148. The van der Waals surface area contributed by atoms with Crippen LogP contribution in [0, 0.1) is 0 Å². The second-order valence-corrected chi connectivity index (χ2v) is 11.1. The highest BCUT2D eigenvalue weighted by Gasteiger charge is 2.28. The number of nitrogens with one attached hydrogen (secondary N) is 1. The molecule has 0 aliphatic heterocycles. The molecule has 12 heteroatoms. The van der Waals surface area contributed by atoms with E-state index in [9.17, 15) is 23.1 Å². The number of sulfone groups is 1. The summed E-state index contributed by atoms with van der Waals surface area (Å²) in [6.45, 7) is 3.47. The molecule has 10 nitrogen and oxygen atoms in total. The van der Waals surface area contributed by atoms with Crippen molar-refractivity contribution in [3.8, 4) is 5.69 Å². The fourth-order valence-corrected chi connectivity index (χ4v) is 5.53. The quantitative estimate of drug-likeness (QED) is 0.264. The molecule has 0 radical (unpaired) electrons. The summed E-state index contributed by atoms with van der Waals surface area (Å²) in [5, 5.41) is 23.1. The van der Waals surface area contributed by atoms with E-state index in [0.29, 0.717) is 11.1 Å². The molecule has 39 heavy (non-hydrogen) atoms. The summed E-state index contributed by atoms with van der Waals surface area (Å²) in [6, 6.07) is 18.9. The Kier molecular flexibility index (Phi) is 8.52. The van der Waals surface area contributed by atoms with Crippen molar-refractivity contribution < 1.29 is 23.1 Å². The van der Waals surface area contributed by atoms with E-state index in [1.54, 1.807) is 24.3 Å². The highest BCUT2D eigenvalue weighted by atomic mass is 35.5. The highest BCUT2D eigenvalue weighted by Crippen LogP contribution is 2.24. The van der Waals surface area contributed by atoms with Gasteiger partial charge in [-0.05, 0) is 46.2 Å². The van der Waals surface area contributed by atoms with Crippen LogP contribution in [0.3, 0.4) is 0 Å². The first-order valence-electron chi connectivity index (χ1n) is 11.7. The number of benzene rings is 3. The van der Waals surface area contributed by atoms with E-state index >= 15 is 0 Å². The molecule has 200 valence electrons. The Hall–Kier alpha value is -4.35. The number of carbonyl (C=O) groups is 2. The van der Waals surface area contributed by atoms with Crippen molar-refractivity contribution >= 4 is 38.9 Å². The van der Waals surface area contributed by atoms with Gasteiger partial charge in [0.15, 0.2) is 15.6 Å². The molecule has 2 N–H and O–H groups in total. The number of carbonyl (C=O) groups excluding carboxylic acids is 2. The highest BCUT2D eigenvalue weighted by molar-refractivity contribution is 7.92. The fourth-order valence-electron chi connectivity index (χ4n) is 3.92. The predicted octanol–water partition coefficient (Wildman–Crippen LogP) is 3.16. The van der Waals surface area contributed by atoms with Crippen LogP contribution < -0.4 is 5.32 Å². The number of tetrazole rings is 1. The number of halogens is 1. The minimum absolute atomic E-state index is 0.0134. The van der Waals surface area contributed by atoms with Gasteiger partial charge in [-0.25, -0.2) is 8.42 Å².